The number of nitrogens with zero attached hydrogens (tertiary/aromatic N) is 1. The van der Waals surface area contributed by atoms with Crippen LogP contribution in [0.25, 0.3) is 0 Å². The van der Waals surface area contributed by atoms with E-state index >= 15 is 0 Å². The Morgan fingerprint density at radius 3 is 2.62 bits per heavy atom. The van der Waals surface area contributed by atoms with Crippen LogP contribution in [0.3, 0.4) is 0 Å². The summed E-state index contributed by atoms with van der Waals surface area (Å²) in [7, 11) is 0. The van der Waals surface area contributed by atoms with Crippen molar-refractivity contribution in [3.8, 4) is 0 Å². The predicted molar refractivity (Wildman–Crippen MR) is 67.1 cm³/mol. The molecular formula is C13H26N2O. The SMILES string of the molecule is CCCC1NCC(=O)N1C(C)CCC(C)C. The van der Waals surface area contributed by atoms with Crippen molar-refractivity contribution in [2.75, 3.05) is 6.54 Å². The maximum atomic E-state index is 11.8. The third-order valence-electron chi connectivity index (χ3n) is 3.31. The van der Waals surface area contributed by atoms with E-state index in [1.807, 2.05) is 0 Å². The van der Waals surface area contributed by atoms with Gasteiger partial charge in [-0.1, -0.05) is 27.2 Å². The molecule has 2 atom stereocenters. The fourth-order valence-corrected chi connectivity index (χ4v) is 2.35. The van der Waals surface area contributed by atoms with Crippen LogP contribution in [-0.4, -0.2) is 29.6 Å². The first-order valence-electron chi connectivity index (χ1n) is 6.60. The third kappa shape index (κ3) is 3.48. The molecule has 0 aromatic carbocycles. The molecule has 0 radical (unpaired) electrons. The number of hydrogen-bond acceptors (Lipinski definition) is 2. The second-order valence-electron chi connectivity index (χ2n) is 5.31. The molecule has 16 heavy (non-hydrogen) atoms. The molecule has 0 aliphatic carbocycles. The highest BCUT2D eigenvalue weighted by Gasteiger charge is 2.32. The summed E-state index contributed by atoms with van der Waals surface area (Å²) in [6.07, 6.45) is 4.78. The zero-order valence-corrected chi connectivity index (χ0v) is 11.1. The summed E-state index contributed by atoms with van der Waals surface area (Å²) in [5.41, 5.74) is 0. The van der Waals surface area contributed by atoms with Crippen LogP contribution in [0.5, 0.6) is 0 Å². The van der Waals surface area contributed by atoms with Gasteiger partial charge in [-0.05, 0) is 32.1 Å². The van der Waals surface area contributed by atoms with Crippen LogP contribution in [0.15, 0.2) is 0 Å². The molecule has 1 amide bonds. The van der Waals surface area contributed by atoms with Crippen LogP contribution >= 0.6 is 0 Å². The number of rotatable bonds is 6. The molecule has 0 spiro atoms. The van der Waals surface area contributed by atoms with Gasteiger partial charge in [-0.2, -0.15) is 0 Å². The Labute approximate surface area is 99.6 Å². The van der Waals surface area contributed by atoms with Crippen molar-refractivity contribution in [1.29, 1.82) is 0 Å². The minimum absolute atomic E-state index is 0.273. The van der Waals surface area contributed by atoms with E-state index in [1.165, 1.54) is 6.42 Å². The topological polar surface area (TPSA) is 32.3 Å². The first-order valence-corrected chi connectivity index (χ1v) is 6.60. The van der Waals surface area contributed by atoms with Gasteiger partial charge in [0.2, 0.25) is 5.91 Å². The lowest BCUT2D eigenvalue weighted by molar-refractivity contribution is -0.130. The molecular weight excluding hydrogens is 200 g/mol. The summed E-state index contributed by atoms with van der Waals surface area (Å²) >= 11 is 0. The fourth-order valence-electron chi connectivity index (χ4n) is 2.35. The summed E-state index contributed by atoms with van der Waals surface area (Å²) in [6, 6.07) is 0.376. The average molecular weight is 226 g/mol. The molecule has 2 unspecified atom stereocenters. The van der Waals surface area contributed by atoms with Crippen molar-refractivity contribution in [2.45, 2.75) is 65.6 Å². The van der Waals surface area contributed by atoms with Crippen LogP contribution < -0.4 is 5.32 Å². The number of amides is 1. The highest BCUT2D eigenvalue weighted by molar-refractivity contribution is 5.80. The number of carbonyl (C=O) groups excluding carboxylic acids is 1. The number of carbonyl (C=O) groups is 1. The van der Waals surface area contributed by atoms with Crippen molar-refractivity contribution in [3.63, 3.8) is 0 Å². The van der Waals surface area contributed by atoms with E-state index in [-0.39, 0.29) is 12.1 Å². The lowest BCUT2D eigenvalue weighted by Crippen LogP contribution is -2.43. The van der Waals surface area contributed by atoms with Gasteiger partial charge in [0.1, 0.15) is 0 Å². The summed E-state index contributed by atoms with van der Waals surface area (Å²) in [5.74, 6) is 0.993. The Bertz CT molecular complexity index is 228. The van der Waals surface area contributed by atoms with Crippen LogP contribution in [0, 0.1) is 5.92 Å². The van der Waals surface area contributed by atoms with Crippen LogP contribution in [0.4, 0.5) is 0 Å². The Balaban J connectivity index is 2.50. The van der Waals surface area contributed by atoms with Crippen LogP contribution in [-0.2, 0) is 4.79 Å². The zero-order valence-electron chi connectivity index (χ0n) is 11.1. The van der Waals surface area contributed by atoms with Gasteiger partial charge in [0.15, 0.2) is 0 Å². The lowest BCUT2D eigenvalue weighted by Gasteiger charge is -2.30. The van der Waals surface area contributed by atoms with Crippen molar-refractivity contribution in [3.05, 3.63) is 0 Å². The second kappa shape index (κ2) is 6.24. The van der Waals surface area contributed by atoms with E-state index in [1.54, 1.807) is 0 Å². The Morgan fingerprint density at radius 2 is 2.06 bits per heavy atom. The zero-order chi connectivity index (χ0) is 12.1. The predicted octanol–water partition coefficient (Wildman–Crippen LogP) is 2.37. The third-order valence-corrected chi connectivity index (χ3v) is 3.31. The van der Waals surface area contributed by atoms with Gasteiger partial charge in [-0.3, -0.25) is 10.1 Å². The smallest absolute Gasteiger partial charge is 0.238 e. The minimum Gasteiger partial charge on any atom is -0.323 e. The van der Waals surface area contributed by atoms with E-state index in [4.69, 9.17) is 0 Å². The lowest BCUT2D eigenvalue weighted by atomic mass is 10.0. The molecule has 3 nitrogen and oxygen atoms in total. The molecule has 1 aliphatic heterocycles. The van der Waals surface area contributed by atoms with E-state index < -0.39 is 0 Å². The monoisotopic (exact) mass is 226 g/mol. The molecule has 1 fully saturated rings. The van der Waals surface area contributed by atoms with Gasteiger partial charge >= 0.3 is 0 Å². The normalized spacial score (nSPS) is 23.2. The Kier molecular flexibility index (Phi) is 5.26. The fraction of sp³-hybridized carbons (Fsp3) is 0.923. The standard InChI is InChI=1S/C13H26N2O/c1-5-6-12-14-9-13(16)15(12)11(4)8-7-10(2)3/h10-12,14H,5-9H2,1-4H3. The molecule has 1 N–H and O–H groups in total. The molecule has 0 saturated carbocycles. The van der Waals surface area contributed by atoms with Crippen molar-refractivity contribution in [1.82, 2.24) is 10.2 Å². The van der Waals surface area contributed by atoms with E-state index in [0.717, 1.165) is 25.2 Å². The first kappa shape index (κ1) is 13.5. The largest absolute Gasteiger partial charge is 0.323 e. The number of hydrogen-bond donors (Lipinski definition) is 1. The molecule has 0 bridgehead atoms. The highest BCUT2D eigenvalue weighted by Crippen LogP contribution is 2.19. The Hall–Kier alpha value is -0.570. The molecule has 1 heterocycles. The first-order chi connectivity index (χ1) is 7.56. The summed E-state index contributed by atoms with van der Waals surface area (Å²) in [4.78, 5) is 13.9. The van der Waals surface area contributed by atoms with E-state index in [9.17, 15) is 4.79 Å². The molecule has 94 valence electrons. The van der Waals surface area contributed by atoms with Crippen molar-refractivity contribution in [2.24, 2.45) is 5.92 Å². The van der Waals surface area contributed by atoms with Crippen molar-refractivity contribution >= 4 is 5.91 Å². The van der Waals surface area contributed by atoms with Gasteiger partial charge in [0.25, 0.3) is 0 Å². The maximum absolute atomic E-state index is 11.8. The number of nitrogens with one attached hydrogen (secondary N) is 1. The van der Waals surface area contributed by atoms with Gasteiger partial charge in [0, 0.05) is 6.04 Å². The molecule has 0 aromatic rings. The van der Waals surface area contributed by atoms with E-state index in [2.05, 4.69) is 37.9 Å². The molecule has 1 saturated heterocycles. The quantitative estimate of drug-likeness (QED) is 0.754. The maximum Gasteiger partial charge on any atom is 0.238 e. The van der Waals surface area contributed by atoms with Gasteiger partial charge < -0.3 is 4.90 Å². The highest BCUT2D eigenvalue weighted by atomic mass is 16.2. The molecule has 0 aromatic heterocycles. The van der Waals surface area contributed by atoms with E-state index in [0.29, 0.717) is 12.6 Å². The van der Waals surface area contributed by atoms with Gasteiger partial charge in [-0.25, -0.2) is 0 Å². The average Bonchev–Trinajstić information content (AvgIpc) is 2.57. The van der Waals surface area contributed by atoms with Crippen LogP contribution in [0.2, 0.25) is 0 Å². The van der Waals surface area contributed by atoms with Crippen molar-refractivity contribution < 1.29 is 4.79 Å². The van der Waals surface area contributed by atoms with Gasteiger partial charge in [-0.15, -0.1) is 0 Å². The molecule has 1 aliphatic rings. The Morgan fingerprint density at radius 1 is 1.38 bits per heavy atom. The van der Waals surface area contributed by atoms with Gasteiger partial charge in [0.05, 0.1) is 12.7 Å². The summed E-state index contributed by atoms with van der Waals surface area (Å²) < 4.78 is 0. The molecule has 3 heteroatoms. The molecule has 1 rings (SSSR count). The second-order valence-corrected chi connectivity index (χ2v) is 5.31. The van der Waals surface area contributed by atoms with Crippen LogP contribution in [0.1, 0.15) is 53.4 Å². The summed E-state index contributed by atoms with van der Waals surface area (Å²) in [5, 5.41) is 3.30. The summed E-state index contributed by atoms with van der Waals surface area (Å²) in [6.45, 7) is 9.34. The minimum atomic E-state index is 0.273.